The van der Waals surface area contributed by atoms with E-state index in [2.05, 4.69) is 24.5 Å². The van der Waals surface area contributed by atoms with Crippen molar-refractivity contribution in [3.8, 4) is 5.75 Å². The Balaban J connectivity index is 1.49. The summed E-state index contributed by atoms with van der Waals surface area (Å²) in [4.78, 5) is 27.3. The standard InChI is InChI=1S/C33H34N2O3/c1-21-10-8-9-13-26(21)35-32(37)29-22(2)34-27-18-33(3,4)19-28(36)31(27)30(29)24-14-16-25(17-15-24)38-20-23-11-6-5-7-12-23/h5-17,30,34H,18-20H2,1-4H3,(H,35,37)/t30-/m0/s1. The molecule has 38 heavy (non-hydrogen) atoms. The predicted molar refractivity (Wildman–Crippen MR) is 151 cm³/mol. The number of anilines is 1. The van der Waals surface area contributed by atoms with Crippen LogP contribution in [0.25, 0.3) is 0 Å². The van der Waals surface area contributed by atoms with Crippen molar-refractivity contribution in [2.24, 2.45) is 5.41 Å². The molecule has 1 aliphatic heterocycles. The van der Waals surface area contributed by atoms with Gasteiger partial charge in [-0.1, -0.05) is 74.5 Å². The fraction of sp³-hybridized carbons (Fsp3) is 0.273. The number of aryl methyl sites for hydroxylation is 1. The van der Waals surface area contributed by atoms with Crippen LogP contribution in [0.3, 0.4) is 0 Å². The van der Waals surface area contributed by atoms with Crippen LogP contribution in [0.2, 0.25) is 0 Å². The predicted octanol–water partition coefficient (Wildman–Crippen LogP) is 6.82. The van der Waals surface area contributed by atoms with Crippen LogP contribution in [0, 0.1) is 12.3 Å². The number of nitrogens with one attached hydrogen (secondary N) is 2. The average molecular weight is 507 g/mol. The highest BCUT2D eigenvalue weighted by molar-refractivity contribution is 6.10. The maximum Gasteiger partial charge on any atom is 0.254 e. The lowest BCUT2D eigenvalue weighted by Gasteiger charge is -2.39. The molecule has 2 N–H and O–H groups in total. The number of hydrogen-bond donors (Lipinski definition) is 2. The molecule has 5 rings (SSSR count). The van der Waals surface area contributed by atoms with Gasteiger partial charge in [0.15, 0.2) is 5.78 Å². The molecule has 5 nitrogen and oxygen atoms in total. The first kappa shape index (κ1) is 25.5. The average Bonchev–Trinajstić information content (AvgIpc) is 2.88. The second-order valence-corrected chi connectivity index (χ2v) is 11.0. The summed E-state index contributed by atoms with van der Waals surface area (Å²) in [6, 6.07) is 25.5. The number of allylic oxidation sites excluding steroid dienone is 3. The van der Waals surface area contributed by atoms with Gasteiger partial charge in [0.25, 0.3) is 5.91 Å². The molecule has 0 saturated carbocycles. The van der Waals surface area contributed by atoms with E-state index >= 15 is 0 Å². The number of ketones is 1. The number of ether oxygens (including phenoxy) is 1. The van der Waals surface area contributed by atoms with Gasteiger partial charge in [0.05, 0.1) is 0 Å². The molecule has 0 radical (unpaired) electrons. The van der Waals surface area contributed by atoms with Crippen molar-refractivity contribution >= 4 is 17.4 Å². The summed E-state index contributed by atoms with van der Waals surface area (Å²) in [7, 11) is 0. The van der Waals surface area contributed by atoms with E-state index in [1.807, 2.05) is 92.7 Å². The summed E-state index contributed by atoms with van der Waals surface area (Å²) in [5.41, 5.74) is 6.55. The minimum atomic E-state index is -0.456. The van der Waals surface area contributed by atoms with Gasteiger partial charge >= 0.3 is 0 Å². The molecule has 0 spiro atoms. The van der Waals surface area contributed by atoms with Gasteiger partial charge in [-0.25, -0.2) is 0 Å². The van der Waals surface area contributed by atoms with E-state index in [1.54, 1.807) is 0 Å². The summed E-state index contributed by atoms with van der Waals surface area (Å²) < 4.78 is 5.99. The van der Waals surface area contributed by atoms with Gasteiger partial charge in [-0.3, -0.25) is 9.59 Å². The molecule has 1 amide bonds. The minimum Gasteiger partial charge on any atom is -0.489 e. The largest absolute Gasteiger partial charge is 0.489 e. The maximum absolute atomic E-state index is 13.8. The van der Waals surface area contributed by atoms with Gasteiger partial charge < -0.3 is 15.4 Å². The van der Waals surface area contributed by atoms with E-state index in [0.717, 1.165) is 45.9 Å². The van der Waals surface area contributed by atoms with Crippen LogP contribution >= 0.6 is 0 Å². The Kier molecular flexibility index (Phi) is 6.94. The lowest BCUT2D eigenvalue weighted by atomic mass is 9.68. The van der Waals surface area contributed by atoms with Crippen LogP contribution in [0.15, 0.2) is 101 Å². The molecule has 194 valence electrons. The van der Waals surface area contributed by atoms with Crippen molar-refractivity contribution in [3.05, 3.63) is 118 Å². The van der Waals surface area contributed by atoms with Gasteiger partial charge in [0.2, 0.25) is 0 Å². The minimum absolute atomic E-state index is 0.0897. The third kappa shape index (κ3) is 5.28. The molecule has 1 atom stereocenters. The quantitative estimate of drug-likeness (QED) is 0.385. The summed E-state index contributed by atoms with van der Waals surface area (Å²) in [5.74, 6) is 0.167. The molecular formula is C33H34N2O3. The summed E-state index contributed by atoms with van der Waals surface area (Å²) in [6.07, 6.45) is 1.21. The van der Waals surface area contributed by atoms with Gasteiger partial charge in [-0.05, 0) is 60.6 Å². The second-order valence-electron chi connectivity index (χ2n) is 11.0. The van der Waals surface area contributed by atoms with Crippen molar-refractivity contribution in [3.63, 3.8) is 0 Å². The number of carbonyl (C=O) groups is 2. The molecule has 0 aromatic heterocycles. The molecule has 5 heteroatoms. The Bertz CT molecular complexity index is 1430. The molecule has 3 aromatic rings. The fourth-order valence-corrected chi connectivity index (χ4v) is 5.47. The van der Waals surface area contributed by atoms with E-state index in [-0.39, 0.29) is 17.1 Å². The molecule has 0 unspecified atom stereocenters. The number of carbonyl (C=O) groups excluding carboxylic acids is 2. The number of Topliss-reactive ketones (excluding diaryl/α,β-unsaturated/α-hetero) is 1. The number of hydrogen-bond acceptors (Lipinski definition) is 4. The van der Waals surface area contributed by atoms with E-state index in [0.29, 0.717) is 24.2 Å². The smallest absolute Gasteiger partial charge is 0.254 e. The lowest BCUT2D eigenvalue weighted by molar-refractivity contribution is -0.118. The van der Waals surface area contributed by atoms with E-state index in [9.17, 15) is 9.59 Å². The number of amides is 1. The van der Waals surface area contributed by atoms with Gasteiger partial charge in [-0.15, -0.1) is 0 Å². The second kappa shape index (κ2) is 10.3. The monoisotopic (exact) mass is 506 g/mol. The van der Waals surface area contributed by atoms with Crippen molar-refractivity contribution in [1.82, 2.24) is 5.32 Å². The first-order valence-electron chi connectivity index (χ1n) is 13.1. The molecular weight excluding hydrogens is 472 g/mol. The SMILES string of the molecule is CC1=C(C(=O)Nc2ccccc2C)[C@H](c2ccc(OCc3ccccc3)cc2)C2=C(CC(C)(C)CC2=O)N1. The fourth-order valence-electron chi connectivity index (χ4n) is 5.47. The number of dihydropyridines is 1. The third-order valence-electron chi connectivity index (χ3n) is 7.34. The molecule has 0 fully saturated rings. The third-order valence-corrected chi connectivity index (χ3v) is 7.34. The maximum atomic E-state index is 13.8. The Morgan fingerprint density at radius 1 is 0.947 bits per heavy atom. The van der Waals surface area contributed by atoms with Crippen molar-refractivity contribution in [2.75, 3.05) is 5.32 Å². The van der Waals surface area contributed by atoms with Crippen molar-refractivity contribution in [1.29, 1.82) is 0 Å². The van der Waals surface area contributed by atoms with Crippen LogP contribution in [0.1, 0.15) is 56.2 Å². The Labute approximate surface area is 224 Å². The molecule has 3 aromatic carbocycles. The highest BCUT2D eigenvalue weighted by atomic mass is 16.5. The Morgan fingerprint density at radius 2 is 1.63 bits per heavy atom. The Morgan fingerprint density at radius 3 is 2.34 bits per heavy atom. The van der Waals surface area contributed by atoms with Crippen LogP contribution in [-0.2, 0) is 16.2 Å². The highest BCUT2D eigenvalue weighted by Gasteiger charge is 2.42. The summed E-state index contributed by atoms with van der Waals surface area (Å²) in [5, 5.41) is 6.53. The van der Waals surface area contributed by atoms with Crippen molar-refractivity contribution in [2.45, 2.75) is 53.1 Å². The zero-order chi connectivity index (χ0) is 26.9. The summed E-state index contributed by atoms with van der Waals surface area (Å²) >= 11 is 0. The normalized spacial score (nSPS) is 18.5. The first-order valence-corrected chi connectivity index (χ1v) is 13.1. The highest BCUT2D eigenvalue weighted by Crippen LogP contribution is 2.47. The topological polar surface area (TPSA) is 67.4 Å². The van der Waals surface area contributed by atoms with Crippen LogP contribution in [0.5, 0.6) is 5.75 Å². The molecule has 1 aliphatic carbocycles. The van der Waals surface area contributed by atoms with E-state index < -0.39 is 5.92 Å². The number of para-hydroxylation sites is 1. The summed E-state index contributed by atoms with van der Waals surface area (Å²) in [6.45, 7) is 8.59. The van der Waals surface area contributed by atoms with E-state index in [1.165, 1.54) is 0 Å². The van der Waals surface area contributed by atoms with Crippen LogP contribution in [0.4, 0.5) is 5.69 Å². The van der Waals surface area contributed by atoms with Gasteiger partial charge in [-0.2, -0.15) is 0 Å². The number of benzene rings is 3. The van der Waals surface area contributed by atoms with E-state index in [4.69, 9.17) is 4.74 Å². The van der Waals surface area contributed by atoms with Crippen LogP contribution < -0.4 is 15.4 Å². The molecule has 0 bridgehead atoms. The number of rotatable bonds is 6. The molecule has 1 heterocycles. The zero-order valence-corrected chi connectivity index (χ0v) is 22.4. The van der Waals surface area contributed by atoms with Crippen molar-refractivity contribution < 1.29 is 14.3 Å². The molecule has 0 saturated heterocycles. The van der Waals surface area contributed by atoms with Gasteiger partial charge in [0.1, 0.15) is 12.4 Å². The molecule has 2 aliphatic rings. The first-order chi connectivity index (χ1) is 18.2. The lowest BCUT2D eigenvalue weighted by Crippen LogP contribution is -2.39. The Hall–Kier alpha value is -4.12. The van der Waals surface area contributed by atoms with Gasteiger partial charge in [0, 0.05) is 40.6 Å². The zero-order valence-electron chi connectivity index (χ0n) is 22.4. The van der Waals surface area contributed by atoms with Crippen LogP contribution in [-0.4, -0.2) is 11.7 Å².